The number of benzene rings is 7. The third-order valence-electron chi connectivity index (χ3n) is 10.6. The molecule has 56 heavy (non-hydrogen) atoms. The van der Waals surface area contributed by atoms with E-state index in [1.54, 1.807) is 0 Å². The molecule has 4 nitrogen and oxygen atoms in total. The van der Waals surface area contributed by atoms with Crippen LogP contribution in [0.4, 0.5) is 0 Å². The lowest BCUT2D eigenvalue weighted by Crippen LogP contribution is -1.96. The van der Waals surface area contributed by atoms with Gasteiger partial charge in [0.1, 0.15) is 0 Å². The van der Waals surface area contributed by atoms with Crippen molar-refractivity contribution in [2.24, 2.45) is 0 Å². The van der Waals surface area contributed by atoms with Crippen LogP contribution < -0.4 is 0 Å². The minimum atomic E-state index is 0.590. The smallest absolute Gasteiger partial charge is 0.160 e. The molecular weight excluding hydrogens is 681 g/mol. The molecule has 260 valence electrons. The maximum absolute atomic E-state index is 9.50. The predicted octanol–water partition coefficient (Wildman–Crippen LogP) is 13.3. The van der Waals surface area contributed by atoms with Gasteiger partial charge < -0.3 is 0 Å². The van der Waals surface area contributed by atoms with Crippen LogP contribution in [0, 0.1) is 11.3 Å². The number of nitrogens with zero attached hydrogens (tertiary/aromatic N) is 4. The van der Waals surface area contributed by atoms with Gasteiger partial charge in [-0.25, -0.2) is 9.97 Å². The molecule has 8 aromatic carbocycles. The van der Waals surface area contributed by atoms with Gasteiger partial charge in [0.25, 0.3) is 0 Å². The van der Waals surface area contributed by atoms with Crippen LogP contribution in [0.15, 0.2) is 194 Å². The fraction of sp³-hybridized carbons (Fsp3) is 0. The standard InChI is InChI=1S/C52H32N4/c53-33-34-20-22-37(23-21-34)52-55-50(36-26-24-35(25-27-36)49-19-9-10-30-54-49)32-51(56-52)38-28-29-47-45-17-6-5-15-43(45)41-13-2-1-11-39(41)40-12-3-4-14-42(40)44-16-7-8-18-46(44)48(47)31-38/h1-32H. The molecule has 0 bridgehead atoms. The second kappa shape index (κ2) is 13.9. The number of pyridine rings is 1. The largest absolute Gasteiger partial charge is 0.256 e. The van der Waals surface area contributed by atoms with Crippen molar-refractivity contribution in [3.8, 4) is 51.2 Å². The van der Waals surface area contributed by atoms with Crippen molar-refractivity contribution in [2.75, 3.05) is 0 Å². The Morgan fingerprint density at radius 2 is 0.714 bits per heavy atom. The Morgan fingerprint density at radius 3 is 1.18 bits per heavy atom. The molecule has 0 atom stereocenters. The summed E-state index contributed by atoms with van der Waals surface area (Å²) >= 11 is 0. The third kappa shape index (κ3) is 5.85. The molecule has 10 aromatic rings. The minimum absolute atomic E-state index is 0.590. The van der Waals surface area contributed by atoms with Gasteiger partial charge in [0.2, 0.25) is 0 Å². The van der Waals surface area contributed by atoms with Gasteiger partial charge in [-0.05, 0) is 102 Å². The Kier molecular flexibility index (Phi) is 8.17. The Balaban J connectivity index is 1.27. The van der Waals surface area contributed by atoms with E-state index in [2.05, 4.69) is 157 Å². The zero-order valence-electron chi connectivity index (χ0n) is 30.3. The van der Waals surface area contributed by atoms with E-state index in [-0.39, 0.29) is 0 Å². The van der Waals surface area contributed by atoms with Crippen LogP contribution in [0.1, 0.15) is 5.56 Å². The highest BCUT2D eigenvalue weighted by Gasteiger charge is 2.14. The molecule has 0 saturated carbocycles. The number of fused-ring (bicyclic) bond motifs is 10. The van der Waals surface area contributed by atoms with Crippen molar-refractivity contribution in [3.05, 3.63) is 200 Å². The highest BCUT2D eigenvalue weighted by atomic mass is 14.9. The molecule has 0 N–H and O–H groups in total. The van der Waals surface area contributed by atoms with Crippen LogP contribution in [0.3, 0.4) is 0 Å². The average Bonchev–Trinajstić information content (AvgIpc) is 3.29. The first-order valence-corrected chi connectivity index (χ1v) is 18.7. The summed E-state index contributed by atoms with van der Waals surface area (Å²) < 4.78 is 0. The first kappa shape index (κ1) is 32.9. The summed E-state index contributed by atoms with van der Waals surface area (Å²) in [6.07, 6.45) is 1.81. The van der Waals surface area contributed by atoms with Gasteiger partial charge in [-0.2, -0.15) is 5.26 Å². The van der Waals surface area contributed by atoms with Crippen molar-refractivity contribution in [1.29, 1.82) is 5.26 Å². The summed E-state index contributed by atoms with van der Waals surface area (Å²) in [6, 6.07) is 67.7. The third-order valence-corrected chi connectivity index (χ3v) is 10.6. The lowest BCUT2D eigenvalue weighted by Gasteiger charge is -2.12. The molecule has 2 aromatic heterocycles. The summed E-state index contributed by atoms with van der Waals surface area (Å²) in [6.45, 7) is 0. The molecule has 0 aliphatic carbocycles. The zero-order valence-corrected chi connectivity index (χ0v) is 30.3. The first-order valence-electron chi connectivity index (χ1n) is 18.7. The molecule has 2 heterocycles. The molecule has 0 aliphatic heterocycles. The quantitative estimate of drug-likeness (QED) is 0.182. The number of rotatable bonds is 4. The van der Waals surface area contributed by atoms with Crippen LogP contribution in [0.2, 0.25) is 0 Å². The van der Waals surface area contributed by atoms with Crippen LogP contribution in [0.25, 0.3) is 99.0 Å². The molecule has 0 saturated heterocycles. The number of aromatic nitrogens is 3. The Bertz CT molecular complexity index is 3160. The van der Waals surface area contributed by atoms with Crippen molar-refractivity contribution >= 4 is 53.9 Å². The molecule has 0 fully saturated rings. The van der Waals surface area contributed by atoms with Crippen molar-refractivity contribution in [3.63, 3.8) is 0 Å². The molecule has 0 unspecified atom stereocenters. The Morgan fingerprint density at radius 1 is 0.321 bits per heavy atom. The van der Waals surface area contributed by atoms with E-state index in [9.17, 15) is 5.26 Å². The summed E-state index contributed by atoms with van der Waals surface area (Å²) in [5, 5.41) is 21.3. The average molecular weight is 713 g/mol. The first-order chi connectivity index (χ1) is 27.7. The summed E-state index contributed by atoms with van der Waals surface area (Å²) in [5.74, 6) is 0.590. The molecule has 0 radical (unpaired) electrons. The molecular formula is C52H32N4. The fourth-order valence-corrected chi connectivity index (χ4v) is 7.88. The normalized spacial score (nSPS) is 11.2. The van der Waals surface area contributed by atoms with E-state index in [0.717, 1.165) is 55.5 Å². The molecule has 0 amide bonds. The molecule has 0 spiro atoms. The highest BCUT2D eigenvalue weighted by Crippen LogP contribution is 2.38. The molecule has 10 rings (SSSR count). The van der Waals surface area contributed by atoms with Crippen LogP contribution in [-0.2, 0) is 0 Å². The summed E-state index contributed by atoms with van der Waals surface area (Å²) in [5.41, 5.74) is 6.94. The second-order valence-electron chi connectivity index (χ2n) is 13.9. The van der Waals surface area contributed by atoms with Crippen LogP contribution in [0.5, 0.6) is 0 Å². The number of nitriles is 1. The van der Waals surface area contributed by atoms with Gasteiger partial charge in [0.15, 0.2) is 5.82 Å². The monoisotopic (exact) mass is 712 g/mol. The zero-order chi connectivity index (χ0) is 37.4. The summed E-state index contributed by atoms with van der Waals surface area (Å²) in [4.78, 5) is 14.8. The van der Waals surface area contributed by atoms with Gasteiger partial charge in [0.05, 0.1) is 28.7 Å². The van der Waals surface area contributed by atoms with Crippen LogP contribution >= 0.6 is 0 Å². The lowest BCUT2D eigenvalue weighted by atomic mass is 9.93. The maximum Gasteiger partial charge on any atom is 0.160 e. The van der Waals surface area contributed by atoms with E-state index in [1.165, 1.54) is 37.7 Å². The SMILES string of the molecule is N#Cc1ccc(-c2nc(-c3ccc(-c4ccccn4)cc3)cc(-c3ccc4c5ccccc5c5ccccc5c5ccccc5c5ccccc5c4c3)n2)cc1. The van der Waals surface area contributed by atoms with Crippen molar-refractivity contribution < 1.29 is 0 Å². The Labute approximate surface area is 324 Å². The van der Waals surface area contributed by atoms with Gasteiger partial charge in [-0.3, -0.25) is 4.98 Å². The maximum atomic E-state index is 9.50. The topological polar surface area (TPSA) is 62.5 Å². The number of hydrogen-bond donors (Lipinski definition) is 0. The predicted molar refractivity (Wildman–Crippen MR) is 231 cm³/mol. The van der Waals surface area contributed by atoms with Gasteiger partial charge in [-0.15, -0.1) is 0 Å². The van der Waals surface area contributed by atoms with E-state index in [4.69, 9.17) is 9.97 Å². The van der Waals surface area contributed by atoms with E-state index >= 15 is 0 Å². The Hall–Kier alpha value is -7.74. The fourth-order valence-electron chi connectivity index (χ4n) is 7.88. The summed E-state index contributed by atoms with van der Waals surface area (Å²) in [7, 11) is 0. The highest BCUT2D eigenvalue weighted by molar-refractivity contribution is 6.26. The molecule has 4 heteroatoms. The van der Waals surface area contributed by atoms with Crippen LogP contribution in [-0.4, -0.2) is 15.0 Å². The van der Waals surface area contributed by atoms with Crippen molar-refractivity contribution in [2.45, 2.75) is 0 Å². The lowest BCUT2D eigenvalue weighted by molar-refractivity contribution is 1.18. The number of hydrogen-bond acceptors (Lipinski definition) is 4. The van der Waals surface area contributed by atoms with Gasteiger partial charge >= 0.3 is 0 Å². The van der Waals surface area contributed by atoms with E-state index in [1.807, 2.05) is 48.7 Å². The second-order valence-corrected chi connectivity index (χ2v) is 13.9. The molecule has 0 aliphatic rings. The van der Waals surface area contributed by atoms with Gasteiger partial charge in [-0.1, -0.05) is 140 Å². The van der Waals surface area contributed by atoms with Crippen molar-refractivity contribution in [1.82, 2.24) is 15.0 Å². The van der Waals surface area contributed by atoms with E-state index < -0.39 is 0 Å². The van der Waals surface area contributed by atoms with E-state index in [0.29, 0.717) is 11.4 Å². The minimum Gasteiger partial charge on any atom is -0.256 e. The van der Waals surface area contributed by atoms with Gasteiger partial charge in [0, 0.05) is 28.5 Å².